The molecule has 0 aromatic carbocycles. The molecule has 128 valence electrons. The molecular weight excluding hydrogens is 292 g/mol. The molecule has 1 saturated heterocycles. The zero-order valence-corrected chi connectivity index (χ0v) is 14.5. The molecule has 1 atom stereocenters. The second kappa shape index (κ2) is 8.18. The number of likely N-dealkylation sites (tertiary alicyclic amines) is 1. The van der Waals surface area contributed by atoms with Crippen molar-refractivity contribution in [3.05, 3.63) is 23.2 Å². The number of aryl methyl sites for hydroxylation is 2. The number of amides is 2. The average Bonchev–Trinajstić information content (AvgIpc) is 2.89. The third-order valence-electron chi connectivity index (χ3n) is 4.43. The third-order valence-corrected chi connectivity index (χ3v) is 4.43. The normalized spacial score (nSPS) is 18.0. The van der Waals surface area contributed by atoms with Crippen LogP contribution in [0.4, 0.5) is 0 Å². The van der Waals surface area contributed by atoms with Gasteiger partial charge in [-0.1, -0.05) is 19.8 Å². The summed E-state index contributed by atoms with van der Waals surface area (Å²) >= 11 is 0. The SMILES string of the molecule is CCCCCNC(=O)C1CCCN(C(=O)c2cc(C)oc2C)C1. The molecule has 2 amide bonds. The van der Waals surface area contributed by atoms with Crippen LogP contribution in [0.5, 0.6) is 0 Å². The Morgan fingerprint density at radius 2 is 2.13 bits per heavy atom. The van der Waals surface area contributed by atoms with Gasteiger partial charge in [-0.15, -0.1) is 0 Å². The summed E-state index contributed by atoms with van der Waals surface area (Å²) in [7, 11) is 0. The van der Waals surface area contributed by atoms with Gasteiger partial charge in [0.15, 0.2) is 0 Å². The first-order valence-electron chi connectivity index (χ1n) is 8.67. The highest BCUT2D eigenvalue weighted by Gasteiger charge is 2.30. The van der Waals surface area contributed by atoms with Gasteiger partial charge < -0.3 is 14.6 Å². The number of furan rings is 1. The highest BCUT2D eigenvalue weighted by atomic mass is 16.3. The predicted octanol–water partition coefficient (Wildman–Crippen LogP) is 3.06. The Hall–Kier alpha value is -1.78. The van der Waals surface area contributed by atoms with Crippen molar-refractivity contribution < 1.29 is 14.0 Å². The summed E-state index contributed by atoms with van der Waals surface area (Å²) < 4.78 is 5.45. The van der Waals surface area contributed by atoms with Crippen LogP contribution in [0.3, 0.4) is 0 Å². The maximum Gasteiger partial charge on any atom is 0.257 e. The molecule has 0 saturated carbocycles. The van der Waals surface area contributed by atoms with Gasteiger partial charge in [0.1, 0.15) is 11.5 Å². The van der Waals surface area contributed by atoms with Gasteiger partial charge in [-0.3, -0.25) is 9.59 Å². The molecule has 0 aliphatic carbocycles. The smallest absolute Gasteiger partial charge is 0.257 e. The first kappa shape index (κ1) is 17.6. The fourth-order valence-electron chi connectivity index (χ4n) is 3.12. The van der Waals surface area contributed by atoms with Gasteiger partial charge in [0.25, 0.3) is 5.91 Å². The van der Waals surface area contributed by atoms with Gasteiger partial charge in [0, 0.05) is 19.6 Å². The molecule has 5 nitrogen and oxygen atoms in total. The molecule has 1 aromatic heterocycles. The minimum atomic E-state index is -0.0948. The summed E-state index contributed by atoms with van der Waals surface area (Å²) in [5.74, 6) is 1.36. The quantitative estimate of drug-likeness (QED) is 0.819. The zero-order valence-electron chi connectivity index (χ0n) is 14.5. The van der Waals surface area contributed by atoms with E-state index in [9.17, 15) is 9.59 Å². The van der Waals surface area contributed by atoms with E-state index in [1.54, 1.807) is 11.0 Å². The Morgan fingerprint density at radius 1 is 1.35 bits per heavy atom. The van der Waals surface area contributed by atoms with E-state index in [1.807, 2.05) is 13.8 Å². The van der Waals surface area contributed by atoms with Crippen molar-refractivity contribution in [2.75, 3.05) is 19.6 Å². The van der Waals surface area contributed by atoms with E-state index in [2.05, 4.69) is 12.2 Å². The van der Waals surface area contributed by atoms with Crippen LogP contribution in [-0.4, -0.2) is 36.3 Å². The number of hydrogen-bond acceptors (Lipinski definition) is 3. The number of unbranched alkanes of at least 4 members (excludes halogenated alkanes) is 2. The number of rotatable bonds is 6. The minimum Gasteiger partial charge on any atom is -0.466 e. The van der Waals surface area contributed by atoms with Crippen molar-refractivity contribution in [2.45, 2.75) is 52.9 Å². The second-order valence-electron chi connectivity index (χ2n) is 6.42. The van der Waals surface area contributed by atoms with Crippen LogP contribution >= 0.6 is 0 Å². The molecule has 1 fully saturated rings. The van der Waals surface area contributed by atoms with Crippen molar-refractivity contribution in [1.29, 1.82) is 0 Å². The number of nitrogens with zero attached hydrogens (tertiary/aromatic N) is 1. The molecule has 0 bridgehead atoms. The minimum absolute atomic E-state index is 0.0252. The van der Waals surface area contributed by atoms with Crippen LogP contribution in [0.25, 0.3) is 0 Å². The van der Waals surface area contributed by atoms with Gasteiger partial charge in [0.2, 0.25) is 5.91 Å². The predicted molar refractivity (Wildman–Crippen MR) is 89.3 cm³/mol. The van der Waals surface area contributed by atoms with Crippen LogP contribution < -0.4 is 5.32 Å². The topological polar surface area (TPSA) is 62.6 Å². The summed E-state index contributed by atoms with van der Waals surface area (Å²) in [5, 5.41) is 3.01. The first-order valence-corrected chi connectivity index (χ1v) is 8.67. The Labute approximate surface area is 138 Å². The number of carbonyl (C=O) groups is 2. The van der Waals surface area contributed by atoms with Crippen LogP contribution in [0.1, 0.15) is 60.9 Å². The molecule has 1 N–H and O–H groups in total. The standard InChI is InChI=1S/C18H28N2O3/c1-4-5-6-9-19-17(21)15-8-7-10-20(12-15)18(22)16-11-13(2)23-14(16)3/h11,15H,4-10,12H2,1-3H3,(H,19,21). The second-order valence-corrected chi connectivity index (χ2v) is 6.42. The summed E-state index contributed by atoms with van der Waals surface area (Å²) in [6, 6.07) is 1.78. The molecule has 1 unspecified atom stereocenters. The van der Waals surface area contributed by atoms with Gasteiger partial charge in [-0.25, -0.2) is 0 Å². The lowest BCUT2D eigenvalue weighted by Gasteiger charge is -2.32. The molecule has 23 heavy (non-hydrogen) atoms. The Bertz CT molecular complexity index is 550. The maximum atomic E-state index is 12.6. The van der Waals surface area contributed by atoms with E-state index in [0.29, 0.717) is 24.4 Å². The number of carbonyl (C=O) groups excluding carboxylic acids is 2. The van der Waals surface area contributed by atoms with E-state index in [-0.39, 0.29) is 17.7 Å². The largest absolute Gasteiger partial charge is 0.466 e. The molecule has 0 spiro atoms. The monoisotopic (exact) mass is 320 g/mol. The Morgan fingerprint density at radius 3 is 2.78 bits per heavy atom. The number of hydrogen-bond donors (Lipinski definition) is 1. The van der Waals surface area contributed by atoms with Crippen LogP contribution in [-0.2, 0) is 4.79 Å². The number of piperidine rings is 1. The molecule has 2 rings (SSSR count). The lowest BCUT2D eigenvalue weighted by atomic mass is 9.96. The molecule has 1 aromatic rings. The summed E-state index contributed by atoms with van der Waals surface area (Å²) in [5.41, 5.74) is 0.617. The van der Waals surface area contributed by atoms with Crippen molar-refractivity contribution >= 4 is 11.8 Å². The summed E-state index contributed by atoms with van der Waals surface area (Å²) in [6.45, 7) is 7.74. The van der Waals surface area contributed by atoms with Crippen molar-refractivity contribution in [3.63, 3.8) is 0 Å². The maximum absolute atomic E-state index is 12.6. The van der Waals surface area contributed by atoms with Crippen LogP contribution in [0.2, 0.25) is 0 Å². The Kier molecular flexibility index (Phi) is 6.25. The van der Waals surface area contributed by atoms with Crippen LogP contribution in [0, 0.1) is 19.8 Å². The summed E-state index contributed by atoms with van der Waals surface area (Å²) in [6.07, 6.45) is 5.02. The fourth-order valence-corrected chi connectivity index (χ4v) is 3.12. The van der Waals surface area contributed by atoms with E-state index in [4.69, 9.17) is 4.42 Å². The number of nitrogens with one attached hydrogen (secondary N) is 1. The fraction of sp³-hybridized carbons (Fsp3) is 0.667. The van der Waals surface area contributed by atoms with Crippen molar-refractivity contribution in [3.8, 4) is 0 Å². The average molecular weight is 320 g/mol. The van der Waals surface area contributed by atoms with Gasteiger partial charge in [-0.2, -0.15) is 0 Å². The lowest BCUT2D eigenvalue weighted by Crippen LogP contribution is -2.45. The van der Waals surface area contributed by atoms with E-state index in [0.717, 1.165) is 44.4 Å². The van der Waals surface area contributed by atoms with E-state index >= 15 is 0 Å². The van der Waals surface area contributed by atoms with Gasteiger partial charge >= 0.3 is 0 Å². The molecule has 0 radical (unpaired) electrons. The zero-order chi connectivity index (χ0) is 16.8. The van der Waals surface area contributed by atoms with Crippen molar-refractivity contribution in [2.24, 2.45) is 5.92 Å². The highest BCUT2D eigenvalue weighted by Crippen LogP contribution is 2.22. The molecule has 1 aliphatic rings. The lowest BCUT2D eigenvalue weighted by molar-refractivity contribution is -0.126. The molecular formula is C18H28N2O3. The summed E-state index contributed by atoms with van der Waals surface area (Å²) in [4.78, 5) is 26.7. The van der Waals surface area contributed by atoms with Gasteiger partial charge in [0.05, 0.1) is 11.5 Å². The third kappa shape index (κ3) is 4.60. The van der Waals surface area contributed by atoms with Crippen molar-refractivity contribution in [1.82, 2.24) is 10.2 Å². The first-order chi connectivity index (χ1) is 11.0. The molecule has 5 heteroatoms. The van der Waals surface area contributed by atoms with Crippen LogP contribution in [0.15, 0.2) is 10.5 Å². The molecule has 2 heterocycles. The van der Waals surface area contributed by atoms with E-state index < -0.39 is 0 Å². The molecule has 1 aliphatic heterocycles. The highest BCUT2D eigenvalue weighted by molar-refractivity contribution is 5.95. The Balaban J connectivity index is 1.91. The van der Waals surface area contributed by atoms with Gasteiger partial charge in [-0.05, 0) is 39.2 Å². The van der Waals surface area contributed by atoms with E-state index in [1.165, 1.54) is 0 Å².